The van der Waals surface area contributed by atoms with Gasteiger partial charge in [0, 0.05) is 58.1 Å². The fourth-order valence-corrected chi connectivity index (χ4v) is 3.63. The average molecular weight is 383 g/mol. The Balaban J connectivity index is 1.41. The molecule has 3 heterocycles. The Hall–Kier alpha value is -1.64. The molecule has 26 heavy (non-hydrogen) atoms. The summed E-state index contributed by atoms with van der Waals surface area (Å²) in [7, 11) is 0. The van der Waals surface area contributed by atoms with E-state index in [1.54, 1.807) is 6.07 Å². The number of piperazine rings is 1. The van der Waals surface area contributed by atoms with Crippen LogP contribution in [0, 0.1) is 0 Å². The summed E-state index contributed by atoms with van der Waals surface area (Å²) in [6, 6.07) is 5.33. The van der Waals surface area contributed by atoms with Gasteiger partial charge in [0.05, 0.1) is 4.88 Å². The predicted molar refractivity (Wildman–Crippen MR) is 96.9 cm³/mol. The third kappa shape index (κ3) is 5.43. The number of carbonyl (C=O) groups excluding carboxylic acids is 1. The molecule has 0 unspecified atom stereocenters. The van der Waals surface area contributed by atoms with Crippen molar-refractivity contribution in [1.82, 2.24) is 15.4 Å². The predicted octanol–water partition coefficient (Wildman–Crippen LogP) is 3.69. The monoisotopic (exact) mass is 383 g/mol. The third-order valence-corrected chi connectivity index (χ3v) is 5.39. The first-order valence-electron chi connectivity index (χ1n) is 8.88. The lowest BCUT2D eigenvalue weighted by Crippen LogP contribution is -2.44. The van der Waals surface area contributed by atoms with Crippen molar-refractivity contribution in [2.75, 3.05) is 32.7 Å². The van der Waals surface area contributed by atoms with E-state index in [1.807, 2.05) is 17.5 Å². The van der Waals surface area contributed by atoms with Gasteiger partial charge in [-0.15, -0.1) is 11.3 Å². The number of nitrogens with one attached hydrogen (secondary N) is 1. The van der Waals surface area contributed by atoms with Crippen LogP contribution >= 0.6 is 11.3 Å². The molecular weight excluding hydrogens is 360 g/mol. The summed E-state index contributed by atoms with van der Waals surface area (Å²) >= 11 is 1.49. The summed E-state index contributed by atoms with van der Waals surface area (Å²) in [5, 5.41) is 8.88. The number of nitrogens with zero attached hydrogens (tertiary/aromatic N) is 2. The minimum Gasteiger partial charge on any atom is -0.355 e. The van der Waals surface area contributed by atoms with E-state index in [9.17, 15) is 13.6 Å². The number of hydrogen-bond acceptors (Lipinski definition) is 6. The van der Waals surface area contributed by atoms with Crippen LogP contribution in [0.4, 0.5) is 8.78 Å². The van der Waals surface area contributed by atoms with Gasteiger partial charge in [-0.3, -0.25) is 4.79 Å². The molecule has 0 saturated carbocycles. The van der Waals surface area contributed by atoms with Crippen LogP contribution in [-0.4, -0.2) is 54.5 Å². The molecule has 8 heteroatoms. The fourth-order valence-electron chi connectivity index (χ4n) is 2.96. The second kappa shape index (κ2) is 8.83. The molecule has 0 bridgehead atoms. The highest BCUT2D eigenvalue weighted by Crippen LogP contribution is 2.28. The smallest absolute Gasteiger partial charge is 0.249 e. The van der Waals surface area contributed by atoms with Gasteiger partial charge < -0.3 is 14.7 Å². The van der Waals surface area contributed by atoms with Gasteiger partial charge in [-0.05, 0) is 17.9 Å². The SMILES string of the molecule is O=C(CCCC(F)(F)CCN1CCNCC1)c1cc(-c2cccs2)on1. The molecule has 0 aliphatic carbocycles. The van der Waals surface area contributed by atoms with Crippen LogP contribution in [0.5, 0.6) is 0 Å². The van der Waals surface area contributed by atoms with Crippen molar-refractivity contribution in [3.63, 3.8) is 0 Å². The molecule has 0 atom stereocenters. The standard InChI is InChI=1S/C18H23F2N3O2S/c19-18(20,6-9-23-10-7-21-8-11-23)5-1-3-15(24)14-13-16(25-22-14)17-4-2-12-26-17/h2,4,12-13,21H,1,3,5-11H2. The van der Waals surface area contributed by atoms with Crippen LogP contribution < -0.4 is 5.32 Å². The van der Waals surface area contributed by atoms with E-state index < -0.39 is 5.92 Å². The maximum atomic E-state index is 14.0. The zero-order valence-electron chi connectivity index (χ0n) is 14.5. The van der Waals surface area contributed by atoms with Crippen LogP contribution in [0.15, 0.2) is 28.1 Å². The first kappa shape index (κ1) is 19.1. The van der Waals surface area contributed by atoms with Crippen molar-refractivity contribution < 1.29 is 18.1 Å². The van der Waals surface area contributed by atoms with Gasteiger partial charge in [-0.2, -0.15) is 0 Å². The van der Waals surface area contributed by atoms with E-state index in [4.69, 9.17) is 4.52 Å². The Morgan fingerprint density at radius 3 is 2.88 bits per heavy atom. The third-order valence-electron chi connectivity index (χ3n) is 4.51. The highest BCUT2D eigenvalue weighted by molar-refractivity contribution is 7.13. The van der Waals surface area contributed by atoms with Crippen molar-refractivity contribution in [2.45, 2.75) is 31.6 Å². The minimum absolute atomic E-state index is 0.0552. The molecule has 1 N–H and O–H groups in total. The van der Waals surface area contributed by atoms with Gasteiger partial charge in [0.1, 0.15) is 5.69 Å². The topological polar surface area (TPSA) is 58.4 Å². The largest absolute Gasteiger partial charge is 0.355 e. The number of carbonyl (C=O) groups is 1. The maximum Gasteiger partial charge on any atom is 0.249 e. The summed E-state index contributed by atoms with van der Waals surface area (Å²) in [4.78, 5) is 15.1. The van der Waals surface area contributed by atoms with Gasteiger partial charge in [0.2, 0.25) is 5.92 Å². The summed E-state index contributed by atoms with van der Waals surface area (Å²) in [6.45, 7) is 3.73. The van der Waals surface area contributed by atoms with E-state index in [1.165, 1.54) is 11.3 Å². The van der Waals surface area contributed by atoms with Crippen molar-refractivity contribution >= 4 is 17.1 Å². The average Bonchev–Trinajstić information content (AvgIpc) is 3.32. The number of thiophene rings is 1. The molecule has 2 aromatic heterocycles. The molecule has 3 rings (SSSR count). The number of hydrogen-bond donors (Lipinski definition) is 1. The molecule has 1 aliphatic rings. The molecule has 1 aliphatic heterocycles. The Morgan fingerprint density at radius 2 is 2.15 bits per heavy atom. The maximum absolute atomic E-state index is 14.0. The number of alkyl halides is 2. The van der Waals surface area contributed by atoms with Crippen LogP contribution in [0.3, 0.4) is 0 Å². The Labute approximate surface area is 155 Å². The lowest BCUT2D eigenvalue weighted by Gasteiger charge is -2.28. The lowest BCUT2D eigenvalue weighted by atomic mass is 10.0. The highest BCUT2D eigenvalue weighted by Gasteiger charge is 2.29. The number of halogens is 2. The zero-order chi connectivity index (χ0) is 18.4. The second-order valence-electron chi connectivity index (χ2n) is 6.53. The molecule has 142 valence electrons. The van der Waals surface area contributed by atoms with Gasteiger partial charge >= 0.3 is 0 Å². The first-order chi connectivity index (χ1) is 12.5. The summed E-state index contributed by atoms with van der Waals surface area (Å²) < 4.78 is 33.2. The van der Waals surface area contributed by atoms with Crippen LogP contribution in [-0.2, 0) is 0 Å². The molecular formula is C18H23F2N3O2S. The number of aromatic nitrogens is 1. The molecule has 1 saturated heterocycles. The van der Waals surface area contributed by atoms with Gasteiger partial charge in [0.25, 0.3) is 0 Å². The van der Waals surface area contributed by atoms with Crippen molar-refractivity contribution in [3.8, 4) is 10.6 Å². The first-order valence-corrected chi connectivity index (χ1v) is 9.76. The zero-order valence-corrected chi connectivity index (χ0v) is 15.4. The molecule has 0 radical (unpaired) electrons. The fraction of sp³-hybridized carbons (Fsp3) is 0.556. The van der Waals surface area contributed by atoms with E-state index >= 15 is 0 Å². The van der Waals surface area contributed by atoms with Crippen LogP contribution in [0.25, 0.3) is 10.6 Å². The molecule has 0 amide bonds. The lowest BCUT2D eigenvalue weighted by molar-refractivity contribution is -0.0263. The molecule has 2 aromatic rings. The number of ketones is 1. The Morgan fingerprint density at radius 1 is 1.35 bits per heavy atom. The Bertz CT molecular complexity index is 697. The van der Waals surface area contributed by atoms with Crippen LogP contribution in [0.1, 0.15) is 36.2 Å². The van der Waals surface area contributed by atoms with Gasteiger partial charge in [-0.1, -0.05) is 11.2 Å². The second-order valence-corrected chi connectivity index (χ2v) is 7.48. The van der Waals surface area contributed by atoms with E-state index in [-0.39, 0.29) is 37.2 Å². The summed E-state index contributed by atoms with van der Waals surface area (Å²) in [6.07, 6.45) is -0.234. The number of Topliss-reactive ketones (excluding diaryl/α,β-unsaturated/α-hetero) is 1. The molecule has 5 nitrogen and oxygen atoms in total. The van der Waals surface area contributed by atoms with E-state index in [0.717, 1.165) is 31.1 Å². The van der Waals surface area contributed by atoms with E-state index in [2.05, 4.69) is 15.4 Å². The number of rotatable bonds is 9. The van der Waals surface area contributed by atoms with Crippen molar-refractivity contribution in [2.24, 2.45) is 0 Å². The minimum atomic E-state index is -2.74. The van der Waals surface area contributed by atoms with Crippen molar-refractivity contribution in [1.29, 1.82) is 0 Å². The quantitative estimate of drug-likeness (QED) is 0.670. The Kier molecular flexibility index (Phi) is 6.50. The summed E-state index contributed by atoms with van der Waals surface area (Å²) in [5.74, 6) is -2.46. The molecule has 1 fully saturated rings. The normalized spacial score (nSPS) is 16.1. The van der Waals surface area contributed by atoms with Crippen LogP contribution in [0.2, 0.25) is 0 Å². The van der Waals surface area contributed by atoms with Gasteiger partial charge in [0.15, 0.2) is 11.5 Å². The summed E-state index contributed by atoms with van der Waals surface area (Å²) in [5.41, 5.74) is 0.206. The van der Waals surface area contributed by atoms with Crippen molar-refractivity contribution in [3.05, 3.63) is 29.3 Å². The van der Waals surface area contributed by atoms with Gasteiger partial charge in [-0.25, -0.2) is 8.78 Å². The molecule has 0 spiro atoms. The highest BCUT2D eigenvalue weighted by atomic mass is 32.1. The van der Waals surface area contributed by atoms with E-state index in [0.29, 0.717) is 12.3 Å². The molecule has 0 aromatic carbocycles.